The van der Waals surface area contributed by atoms with Crippen molar-refractivity contribution >= 4 is 53.6 Å². The predicted octanol–water partition coefficient (Wildman–Crippen LogP) is 6.70. The molecule has 100 valence electrons. The summed E-state index contributed by atoms with van der Waals surface area (Å²) in [7, 11) is 0. The van der Waals surface area contributed by atoms with Crippen LogP contribution in [-0.4, -0.2) is 0 Å². The minimum atomic E-state index is 0.613. The zero-order chi connectivity index (χ0) is 13.9. The minimum Gasteiger partial charge on any atom is -0.141 e. The Hall–Kier alpha value is -1.38. The smallest absolute Gasteiger partial charge is 0.0352 e. The number of hydrogen-bond donors (Lipinski definition) is 0. The Morgan fingerprint density at radius 1 is 0.700 bits per heavy atom. The van der Waals surface area contributed by atoms with Crippen LogP contribution in [0.25, 0.3) is 30.9 Å². The molecule has 0 amide bonds. The first-order valence-corrected chi connectivity index (χ1v) is 8.61. The largest absolute Gasteiger partial charge is 0.141 e. The zero-order valence-electron chi connectivity index (χ0n) is 11.9. The van der Waals surface area contributed by atoms with E-state index in [1.54, 1.807) is 0 Å². The highest BCUT2D eigenvalue weighted by Crippen LogP contribution is 2.36. The van der Waals surface area contributed by atoms with Crippen LogP contribution < -0.4 is 0 Å². The Balaban J connectivity index is 2.05. The van der Waals surface area contributed by atoms with E-state index in [4.69, 9.17) is 0 Å². The summed E-state index contributed by atoms with van der Waals surface area (Å²) in [5.74, 6) is 0.613. The van der Waals surface area contributed by atoms with E-state index < -0.39 is 0 Å². The molecule has 2 aromatic heterocycles. The second kappa shape index (κ2) is 4.31. The zero-order valence-corrected chi connectivity index (χ0v) is 13.5. The predicted molar refractivity (Wildman–Crippen MR) is 93.5 cm³/mol. The van der Waals surface area contributed by atoms with Crippen LogP contribution >= 0.6 is 22.7 Å². The van der Waals surface area contributed by atoms with Gasteiger partial charge in [-0.15, -0.1) is 22.7 Å². The van der Waals surface area contributed by atoms with Gasteiger partial charge >= 0.3 is 0 Å². The van der Waals surface area contributed by atoms with Crippen LogP contribution in [-0.2, 0) is 0 Å². The number of fused-ring (bicyclic) bond motifs is 3. The van der Waals surface area contributed by atoms with Crippen LogP contribution in [0.1, 0.15) is 29.5 Å². The van der Waals surface area contributed by atoms with Crippen LogP contribution in [0.2, 0.25) is 0 Å². The monoisotopic (exact) mass is 296 g/mol. The summed E-state index contributed by atoms with van der Waals surface area (Å²) in [6.07, 6.45) is 0. The van der Waals surface area contributed by atoms with Gasteiger partial charge in [0.1, 0.15) is 0 Å². The molecule has 0 aliphatic carbocycles. The fourth-order valence-electron chi connectivity index (χ4n) is 2.76. The first kappa shape index (κ1) is 12.4. The highest BCUT2D eigenvalue weighted by atomic mass is 32.1. The lowest BCUT2D eigenvalue weighted by Crippen LogP contribution is -1.77. The van der Waals surface area contributed by atoms with Crippen LogP contribution in [0.3, 0.4) is 0 Å². The van der Waals surface area contributed by atoms with Gasteiger partial charge in [0.15, 0.2) is 0 Å². The Morgan fingerprint density at radius 3 is 1.95 bits per heavy atom. The van der Waals surface area contributed by atoms with Crippen molar-refractivity contribution in [1.82, 2.24) is 0 Å². The molecule has 0 aliphatic heterocycles. The topological polar surface area (TPSA) is 0 Å². The first-order chi connectivity index (χ1) is 9.60. The first-order valence-electron chi connectivity index (χ1n) is 6.97. The van der Waals surface area contributed by atoms with Gasteiger partial charge in [-0.25, -0.2) is 0 Å². The van der Waals surface area contributed by atoms with E-state index in [9.17, 15) is 0 Å². The molecule has 0 fully saturated rings. The third-order valence-corrected chi connectivity index (χ3v) is 6.23. The molecule has 0 bridgehead atoms. The summed E-state index contributed by atoms with van der Waals surface area (Å²) in [6.45, 7) is 6.72. The fourth-order valence-corrected chi connectivity index (χ4v) is 4.81. The molecule has 0 atom stereocenters. The quantitative estimate of drug-likeness (QED) is 0.366. The molecule has 20 heavy (non-hydrogen) atoms. The van der Waals surface area contributed by atoms with E-state index in [1.165, 1.54) is 40.7 Å². The highest BCUT2D eigenvalue weighted by Gasteiger charge is 2.08. The third kappa shape index (κ3) is 1.87. The molecule has 2 heterocycles. The Bertz CT molecular complexity index is 868. The summed E-state index contributed by atoms with van der Waals surface area (Å²) in [6, 6.07) is 14.0. The van der Waals surface area contributed by atoms with E-state index in [2.05, 4.69) is 57.2 Å². The summed E-state index contributed by atoms with van der Waals surface area (Å²) in [5, 5.41) is 5.48. The third-order valence-electron chi connectivity index (χ3n) is 3.82. The molecule has 4 aromatic rings. The molecule has 0 unspecified atom stereocenters. The molecule has 2 aromatic carbocycles. The molecule has 0 aliphatic rings. The van der Waals surface area contributed by atoms with Crippen LogP contribution in [0.5, 0.6) is 0 Å². The Morgan fingerprint density at radius 2 is 1.30 bits per heavy atom. The van der Waals surface area contributed by atoms with E-state index in [1.807, 2.05) is 22.7 Å². The van der Waals surface area contributed by atoms with Crippen molar-refractivity contribution in [3.63, 3.8) is 0 Å². The van der Waals surface area contributed by atoms with Gasteiger partial charge in [-0.2, -0.15) is 0 Å². The SMILES string of the molecule is Cc1cc2cc3cc4sc(C(C)C)cc4cc3cc2s1. The van der Waals surface area contributed by atoms with Gasteiger partial charge in [0.2, 0.25) is 0 Å². The standard InChI is InChI=1S/C18H16S2/c1-10(2)16-9-15-6-13-7-17-14(4-11(3)19-17)5-12(13)8-18(15)20-16/h4-10H,1-3H3. The maximum atomic E-state index is 2.36. The van der Waals surface area contributed by atoms with Gasteiger partial charge in [0.05, 0.1) is 0 Å². The van der Waals surface area contributed by atoms with E-state index >= 15 is 0 Å². The summed E-state index contributed by atoms with van der Waals surface area (Å²) in [5.41, 5.74) is 0. The van der Waals surface area contributed by atoms with E-state index in [0.29, 0.717) is 5.92 Å². The lowest BCUT2D eigenvalue weighted by atomic mass is 10.1. The fraction of sp³-hybridized carbons (Fsp3) is 0.222. The second-order valence-electron chi connectivity index (χ2n) is 5.79. The van der Waals surface area contributed by atoms with E-state index in [-0.39, 0.29) is 0 Å². The van der Waals surface area contributed by atoms with Crippen molar-refractivity contribution in [2.75, 3.05) is 0 Å². The average Bonchev–Trinajstić information content (AvgIpc) is 2.94. The number of benzene rings is 2. The van der Waals surface area contributed by atoms with Crippen LogP contribution in [0, 0.1) is 6.92 Å². The maximum Gasteiger partial charge on any atom is 0.0352 e. The summed E-state index contributed by atoms with van der Waals surface area (Å²) >= 11 is 3.82. The lowest BCUT2D eigenvalue weighted by Gasteiger charge is -1.99. The average molecular weight is 296 g/mol. The van der Waals surface area contributed by atoms with Crippen molar-refractivity contribution in [1.29, 1.82) is 0 Å². The number of rotatable bonds is 1. The maximum absolute atomic E-state index is 2.36. The van der Waals surface area contributed by atoms with Crippen LogP contribution in [0.4, 0.5) is 0 Å². The van der Waals surface area contributed by atoms with Crippen molar-refractivity contribution < 1.29 is 0 Å². The van der Waals surface area contributed by atoms with Gasteiger partial charge in [-0.1, -0.05) is 13.8 Å². The number of hydrogen-bond acceptors (Lipinski definition) is 2. The summed E-state index contributed by atoms with van der Waals surface area (Å²) < 4.78 is 2.81. The number of aryl methyl sites for hydroxylation is 1. The van der Waals surface area contributed by atoms with Gasteiger partial charge in [0.25, 0.3) is 0 Å². The van der Waals surface area contributed by atoms with E-state index in [0.717, 1.165) is 0 Å². The lowest BCUT2D eigenvalue weighted by molar-refractivity contribution is 0.890. The molecule has 2 heteroatoms. The van der Waals surface area contributed by atoms with Crippen molar-refractivity contribution in [3.8, 4) is 0 Å². The molecule has 0 nitrogen and oxygen atoms in total. The Labute approximate surface area is 126 Å². The summed E-state index contributed by atoms with van der Waals surface area (Å²) in [4.78, 5) is 2.87. The van der Waals surface area contributed by atoms with Crippen molar-refractivity contribution in [2.45, 2.75) is 26.7 Å². The van der Waals surface area contributed by atoms with Gasteiger partial charge in [-0.05, 0) is 70.8 Å². The van der Waals surface area contributed by atoms with Crippen LogP contribution in [0.15, 0.2) is 36.4 Å². The Kier molecular flexibility index (Phi) is 2.66. The van der Waals surface area contributed by atoms with Crippen molar-refractivity contribution in [2.24, 2.45) is 0 Å². The molecule has 0 radical (unpaired) electrons. The molecule has 4 rings (SSSR count). The van der Waals surface area contributed by atoms with Gasteiger partial charge in [-0.3, -0.25) is 0 Å². The molecule has 0 spiro atoms. The molecule has 0 saturated heterocycles. The molecular formula is C18H16S2. The second-order valence-corrected chi connectivity index (χ2v) is 8.19. The molecule has 0 N–H and O–H groups in total. The minimum absolute atomic E-state index is 0.613. The van der Waals surface area contributed by atoms with Gasteiger partial charge in [0, 0.05) is 19.2 Å². The van der Waals surface area contributed by atoms with Gasteiger partial charge < -0.3 is 0 Å². The normalized spacial score (nSPS) is 12.2. The highest BCUT2D eigenvalue weighted by molar-refractivity contribution is 7.19. The molecular weight excluding hydrogens is 280 g/mol. The molecule has 0 saturated carbocycles. The van der Waals surface area contributed by atoms with Crippen molar-refractivity contribution in [3.05, 3.63) is 46.2 Å². The number of thiophene rings is 2.